The molecule has 1 aliphatic rings. The summed E-state index contributed by atoms with van der Waals surface area (Å²) in [5.74, 6) is 0.374. The van der Waals surface area contributed by atoms with Crippen LogP contribution in [0.2, 0.25) is 0 Å². The molecule has 1 aromatic carbocycles. The summed E-state index contributed by atoms with van der Waals surface area (Å²) in [5.41, 5.74) is 2.43. The molecule has 0 aliphatic carbocycles. The number of hydrogen-bond acceptors (Lipinski definition) is 5. The Labute approximate surface area is 152 Å². The molecule has 0 saturated carbocycles. The Morgan fingerprint density at radius 3 is 2.92 bits per heavy atom. The molecule has 2 heterocycles. The third kappa shape index (κ3) is 4.36. The predicted octanol–water partition coefficient (Wildman–Crippen LogP) is 1.61. The topological polar surface area (TPSA) is 87.2 Å². The molecule has 3 rings (SSSR count). The van der Waals surface area contributed by atoms with Gasteiger partial charge in [0.2, 0.25) is 11.9 Å². The molecule has 1 unspecified atom stereocenters. The van der Waals surface area contributed by atoms with Crippen molar-refractivity contribution < 1.29 is 9.59 Å². The van der Waals surface area contributed by atoms with Crippen LogP contribution in [0.5, 0.6) is 0 Å². The van der Waals surface area contributed by atoms with E-state index in [9.17, 15) is 9.59 Å². The van der Waals surface area contributed by atoms with Crippen molar-refractivity contribution in [2.75, 3.05) is 25.5 Å². The molecule has 1 saturated heterocycles. The van der Waals surface area contributed by atoms with Gasteiger partial charge in [-0.15, -0.1) is 0 Å². The van der Waals surface area contributed by atoms with E-state index in [1.807, 2.05) is 31.2 Å². The second-order valence-corrected chi connectivity index (χ2v) is 6.53. The van der Waals surface area contributed by atoms with Crippen molar-refractivity contribution in [2.24, 2.45) is 5.92 Å². The number of carbonyl (C=O) groups is 2. The van der Waals surface area contributed by atoms with Gasteiger partial charge in [0.25, 0.3) is 5.91 Å². The van der Waals surface area contributed by atoms with E-state index in [4.69, 9.17) is 0 Å². The van der Waals surface area contributed by atoms with Gasteiger partial charge in [-0.2, -0.15) is 0 Å². The number of anilines is 1. The van der Waals surface area contributed by atoms with Gasteiger partial charge in [-0.3, -0.25) is 9.59 Å². The van der Waals surface area contributed by atoms with Gasteiger partial charge in [-0.05, 0) is 37.1 Å². The maximum Gasteiger partial charge on any atom is 0.251 e. The molecule has 1 atom stereocenters. The minimum absolute atomic E-state index is 0.0985. The number of hydrogen-bond donors (Lipinski definition) is 2. The summed E-state index contributed by atoms with van der Waals surface area (Å²) in [6.07, 6.45) is 2.49. The van der Waals surface area contributed by atoms with E-state index in [-0.39, 0.29) is 17.7 Å². The van der Waals surface area contributed by atoms with Crippen molar-refractivity contribution in [2.45, 2.75) is 19.9 Å². The third-order valence-corrected chi connectivity index (χ3v) is 4.48. The Bertz CT molecular complexity index is 808. The normalized spacial score (nSPS) is 16.6. The van der Waals surface area contributed by atoms with E-state index in [0.717, 1.165) is 24.2 Å². The zero-order chi connectivity index (χ0) is 18.5. The number of amides is 2. The maximum absolute atomic E-state index is 12.4. The third-order valence-electron chi connectivity index (χ3n) is 4.48. The van der Waals surface area contributed by atoms with Crippen molar-refractivity contribution in [3.05, 3.63) is 53.3 Å². The van der Waals surface area contributed by atoms with Crippen molar-refractivity contribution in [3.63, 3.8) is 0 Å². The highest BCUT2D eigenvalue weighted by atomic mass is 16.2. The van der Waals surface area contributed by atoms with Gasteiger partial charge >= 0.3 is 0 Å². The summed E-state index contributed by atoms with van der Waals surface area (Å²) in [6.45, 7) is 3.56. The number of nitrogens with zero attached hydrogens (tertiary/aromatic N) is 3. The molecule has 0 spiro atoms. The van der Waals surface area contributed by atoms with Crippen LogP contribution in [0.25, 0.3) is 0 Å². The molecule has 7 nitrogen and oxygen atoms in total. The molecule has 0 bridgehead atoms. The average Bonchev–Trinajstić information content (AvgIpc) is 2.97. The SMILES string of the molecule is Cc1ccnc(NCc2cccc(C(=O)NCC3CCN(C)C3=O)c2)n1. The minimum atomic E-state index is -0.166. The van der Waals surface area contributed by atoms with Crippen LogP contribution in [0, 0.1) is 12.8 Å². The number of likely N-dealkylation sites (tertiary alicyclic amines) is 1. The molecule has 2 aromatic rings. The predicted molar refractivity (Wildman–Crippen MR) is 98.6 cm³/mol. The van der Waals surface area contributed by atoms with Gasteiger partial charge in [-0.25, -0.2) is 9.97 Å². The van der Waals surface area contributed by atoms with Crippen LogP contribution in [0.4, 0.5) is 5.95 Å². The molecular formula is C19H23N5O2. The highest BCUT2D eigenvalue weighted by Gasteiger charge is 2.29. The summed E-state index contributed by atoms with van der Waals surface area (Å²) in [5, 5.41) is 6.02. The molecule has 1 aliphatic heterocycles. The quantitative estimate of drug-likeness (QED) is 0.824. The summed E-state index contributed by atoms with van der Waals surface area (Å²) in [4.78, 5) is 34.4. The molecule has 1 fully saturated rings. The Morgan fingerprint density at radius 1 is 1.35 bits per heavy atom. The fraction of sp³-hybridized carbons (Fsp3) is 0.368. The van der Waals surface area contributed by atoms with Gasteiger partial charge in [-0.1, -0.05) is 12.1 Å². The lowest BCUT2D eigenvalue weighted by atomic mass is 10.1. The summed E-state index contributed by atoms with van der Waals surface area (Å²) < 4.78 is 0. The first-order valence-electron chi connectivity index (χ1n) is 8.68. The number of aromatic nitrogens is 2. The molecular weight excluding hydrogens is 330 g/mol. The molecule has 26 heavy (non-hydrogen) atoms. The Balaban J connectivity index is 1.56. The van der Waals surface area contributed by atoms with Crippen LogP contribution < -0.4 is 10.6 Å². The zero-order valence-electron chi connectivity index (χ0n) is 15.0. The van der Waals surface area contributed by atoms with Crippen LogP contribution >= 0.6 is 0 Å². The highest BCUT2D eigenvalue weighted by molar-refractivity contribution is 5.94. The zero-order valence-corrected chi connectivity index (χ0v) is 15.0. The number of nitrogens with one attached hydrogen (secondary N) is 2. The number of benzene rings is 1. The van der Waals surface area contributed by atoms with Gasteiger partial charge in [0.05, 0.1) is 5.92 Å². The average molecular weight is 353 g/mol. The van der Waals surface area contributed by atoms with Gasteiger partial charge in [0.1, 0.15) is 0 Å². The fourth-order valence-corrected chi connectivity index (χ4v) is 2.94. The number of carbonyl (C=O) groups excluding carboxylic acids is 2. The van der Waals surface area contributed by atoms with Crippen LogP contribution in [0.1, 0.15) is 28.0 Å². The first-order chi connectivity index (χ1) is 12.5. The van der Waals surface area contributed by atoms with Crippen LogP contribution in [0.15, 0.2) is 36.5 Å². The lowest BCUT2D eigenvalue weighted by molar-refractivity contribution is -0.129. The van der Waals surface area contributed by atoms with E-state index in [1.54, 1.807) is 24.2 Å². The Hall–Kier alpha value is -2.96. The minimum Gasteiger partial charge on any atom is -0.351 e. The van der Waals surface area contributed by atoms with Gasteiger partial charge < -0.3 is 15.5 Å². The van der Waals surface area contributed by atoms with E-state index >= 15 is 0 Å². The molecule has 1 aromatic heterocycles. The van der Waals surface area contributed by atoms with Crippen LogP contribution in [-0.4, -0.2) is 46.8 Å². The van der Waals surface area contributed by atoms with Crippen molar-refractivity contribution in [1.82, 2.24) is 20.2 Å². The number of aryl methyl sites for hydroxylation is 1. The van der Waals surface area contributed by atoms with E-state index in [1.165, 1.54) is 0 Å². The monoisotopic (exact) mass is 353 g/mol. The van der Waals surface area contributed by atoms with Crippen LogP contribution in [0.3, 0.4) is 0 Å². The molecule has 2 amide bonds. The lowest BCUT2D eigenvalue weighted by Gasteiger charge is -2.12. The lowest BCUT2D eigenvalue weighted by Crippen LogP contribution is -2.33. The second kappa shape index (κ2) is 7.95. The Morgan fingerprint density at radius 2 is 2.19 bits per heavy atom. The molecule has 0 radical (unpaired) electrons. The largest absolute Gasteiger partial charge is 0.351 e. The summed E-state index contributed by atoms with van der Waals surface area (Å²) in [6, 6.07) is 9.22. The molecule has 136 valence electrons. The first kappa shape index (κ1) is 17.8. The number of rotatable bonds is 6. The molecule has 7 heteroatoms. The maximum atomic E-state index is 12.4. The van der Waals surface area contributed by atoms with Gasteiger partial charge in [0.15, 0.2) is 0 Å². The van der Waals surface area contributed by atoms with E-state index < -0.39 is 0 Å². The summed E-state index contributed by atoms with van der Waals surface area (Å²) >= 11 is 0. The van der Waals surface area contributed by atoms with Crippen LogP contribution in [-0.2, 0) is 11.3 Å². The molecule has 2 N–H and O–H groups in total. The van der Waals surface area contributed by atoms with Crippen molar-refractivity contribution >= 4 is 17.8 Å². The highest BCUT2D eigenvalue weighted by Crippen LogP contribution is 2.15. The van der Waals surface area contributed by atoms with Crippen molar-refractivity contribution in [1.29, 1.82) is 0 Å². The first-order valence-corrected chi connectivity index (χ1v) is 8.68. The standard InChI is InChI=1S/C19H23N5O2/c1-13-6-8-20-19(23-13)22-11-14-4-3-5-15(10-14)17(25)21-12-16-7-9-24(2)18(16)26/h3-6,8,10,16H,7,9,11-12H2,1-2H3,(H,21,25)(H,20,22,23). The fourth-order valence-electron chi connectivity index (χ4n) is 2.94. The second-order valence-electron chi connectivity index (χ2n) is 6.53. The Kier molecular flexibility index (Phi) is 5.46. The smallest absolute Gasteiger partial charge is 0.251 e. The summed E-state index contributed by atoms with van der Waals surface area (Å²) in [7, 11) is 1.79. The van der Waals surface area contributed by atoms with Crippen molar-refractivity contribution in [3.8, 4) is 0 Å². The van der Waals surface area contributed by atoms with E-state index in [0.29, 0.717) is 24.6 Å². The van der Waals surface area contributed by atoms with Gasteiger partial charge in [0, 0.05) is 44.1 Å². The van der Waals surface area contributed by atoms with E-state index in [2.05, 4.69) is 20.6 Å².